The molecule has 37 heavy (non-hydrogen) atoms. The maximum Gasteiger partial charge on any atom is 0.573 e. The van der Waals surface area contributed by atoms with E-state index < -0.39 is 12.3 Å². The highest BCUT2D eigenvalue weighted by Gasteiger charge is 2.32. The summed E-state index contributed by atoms with van der Waals surface area (Å²) in [6.45, 7) is 4.37. The van der Waals surface area contributed by atoms with E-state index in [4.69, 9.17) is 0 Å². The molecule has 8 heteroatoms. The fourth-order valence-electron chi connectivity index (χ4n) is 4.85. The van der Waals surface area contributed by atoms with E-state index in [1.54, 1.807) is 6.07 Å². The number of hydrogen-bond acceptors (Lipinski definition) is 4. The lowest BCUT2D eigenvalue weighted by Crippen LogP contribution is -2.43. The zero-order valence-electron chi connectivity index (χ0n) is 20.7. The monoisotopic (exact) mass is 511 g/mol. The van der Waals surface area contributed by atoms with Gasteiger partial charge < -0.3 is 24.7 Å². The number of ether oxygens (including phenoxy) is 1. The van der Waals surface area contributed by atoms with E-state index in [-0.39, 0.29) is 17.2 Å². The van der Waals surface area contributed by atoms with Crippen LogP contribution in [0.4, 0.5) is 18.9 Å². The third-order valence-electron chi connectivity index (χ3n) is 6.69. The van der Waals surface area contributed by atoms with E-state index in [1.165, 1.54) is 41.2 Å². The zero-order chi connectivity index (χ0) is 26.1. The fraction of sp³-hybridized carbons (Fsp3) is 0.414. The van der Waals surface area contributed by atoms with Gasteiger partial charge in [0.05, 0.1) is 0 Å². The largest absolute Gasteiger partial charge is 0.573 e. The Bertz CT molecular complexity index is 1220. The number of nitrogens with one attached hydrogen (secondary N) is 2. The summed E-state index contributed by atoms with van der Waals surface area (Å²) < 4.78 is 41.2. The van der Waals surface area contributed by atoms with Gasteiger partial charge in [0.2, 0.25) is 0 Å². The number of anilines is 1. The molecule has 5 rings (SSSR count). The second kappa shape index (κ2) is 12.7. The molecule has 0 amide bonds. The molecule has 3 aromatic rings. The van der Waals surface area contributed by atoms with Gasteiger partial charge in [-0.15, -0.1) is 13.2 Å². The summed E-state index contributed by atoms with van der Waals surface area (Å²) in [6.07, 6.45) is 3.17. The molecule has 0 radical (unpaired) electrons. The first-order valence-electron chi connectivity index (χ1n) is 12.8. The molecule has 1 atom stereocenters. The SMILES string of the molecule is O=CC(C#CC1CCCCC1)c1ccccc1OC(F)(F)F.c1cc(N2CCNCC2)c2cc[nH]c2c1. The number of halogens is 3. The number of H-pyrrole nitrogens is 1. The number of para-hydroxylation sites is 1. The summed E-state index contributed by atoms with van der Waals surface area (Å²) in [7, 11) is 0. The molecule has 0 bridgehead atoms. The average molecular weight is 512 g/mol. The van der Waals surface area contributed by atoms with Gasteiger partial charge in [-0.25, -0.2) is 0 Å². The summed E-state index contributed by atoms with van der Waals surface area (Å²) >= 11 is 0. The lowest BCUT2D eigenvalue weighted by molar-refractivity contribution is -0.274. The van der Waals surface area contributed by atoms with Crippen molar-refractivity contribution in [3.63, 3.8) is 0 Å². The molecule has 5 nitrogen and oxygen atoms in total. The Morgan fingerprint density at radius 1 is 1.00 bits per heavy atom. The maximum atomic E-state index is 12.4. The van der Waals surface area contributed by atoms with E-state index >= 15 is 0 Å². The van der Waals surface area contributed by atoms with Gasteiger partial charge in [0.1, 0.15) is 18.0 Å². The van der Waals surface area contributed by atoms with Crippen molar-refractivity contribution >= 4 is 22.9 Å². The van der Waals surface area contributed by atoms with Crippen LogP contribution in [-0.4, -0.2) is 43.8 Å². The van der Waals surface area contributed by atoms with Gasteiger partial charge in [-0.1, -0.05) is 55.4 Å². The van der Waals surface area contributed by atoms with E-state index in [0.717, 1.165) is 51.9 Å². The van der Waals surface area contributed by atoms with Gasteiger partial charge in [0, 0.05) is 60.4 Å². The van der Waals surface area contributed by atoms with Crippen molar-refractivity contribution in [2.75, 3.05) is 31.1 Å². The van der Waals surface area contributed by atoms with Crippen molar-refractivity contribution in [3.05, 3.63) is 60.3 Å². The third kappa shape index (κ3) is 7.53. The molecule has 0 spiro atoms. The molecule has 1 saturated carbocycles. The summed E-state index contributed by atoms with van der Waals surface area (Å²) in [5.74, 6) is 4.82. The first kappa shape index (κ1) is 26.6. The topological polar surface area (TPSA) is 57.4 Å². The highest BCUT2D eigenvalue weighted by molar-refractivity contribution is 5.92. The Balaban J connectivity index is 0.000000184. The molecular weight excluding hydrogens is 479 g/mol. The van der Waals surface area contributed by atoms with E-state index in [1.807, 2.05) is 6.20 Å². The Labute approximate surface area is 215 Å². The molecule has 2 aliphatic rings. The van der Waals surface area contributed by atoms with Gasteiger partial charge in [-0.3, -0.25) is 0 Å². The first-order chi connectivity index (χ1) is 17.9. The smallest absolute Gasteiger partial charge is 0.405 e. The van der Waals surface area contributed by atoms with E-state index in [2.05, 4.69) is 56.0 Å². The molecule has 1 aliphatic heterocycles. The summed E-state index contributed by atoms with van der Waals surface area (Å²) in [4.78, 5) is 17.0. The number of carbonyl (C=O) groups is 1. The number of benzene rings is 2. The first-order valence-corrected chi connectivity index (χ1v) is 12.8. The molecule has 2 fully saturated rings. The number of piperazine rings is 1. The number of aldehydes is 1. The number of nitrogens with zero attached hydrogens (tertiary/aromatic N) is 1. The molecular formula is C29H32F3N3O2. The van der Waals surface area contributed by atoms with Crippen LogP contribution in [0, 0.1) is 17.8 Å². The molecule has 2 N–H and O–H groups in total. The van der Waals surface area contributed by atoms with Gasteiger partial charge >= 0.3 is 6.36 Å². The Morgan fingerprint density at radius 3 is 2.49 bits per heavy atom. The van der Waals surface area contributed by atoms with Crippen molar-refractivity contribution < 1.29 is 22.7 Å². The standard InChI is InChI=1S/C17H17F3O2.C12H15N3/c18-17(19,20)22-16-9-5-4-8-15(16)14(12-21)11-10-13-6-2-1-3-7-13;1-2-11-10(4-5-14-11)12(3-1)15-8-6-13-7-9-15/h4-5,8-9,12-14H,1-3,6-7H2;1-5,13-14H,6-9H2. The van der Waals surface area contributed by atoms with Crippen molar-refractivity contribution in [2.24, 2.45) is 5.92 Å². The second-order valence-electron chi connectivity index (χ2n) is 9.28. The van der Waals surface area contributed by atoms with Crippen LogP contribution in [0.15, 0.2) is 54.7 Å². The maximum absolute atomic E-state index is 12.4. The summed E-state index contributed by atoms with van der Waals surface area (Å²) in [5.41, 5.74) is 2.74. The van der Waals surface area contributed by atoms with E-state index in [0.29, 0.717) is 6.29 Å². The number of aromatic nitrogens is 1. The second-order valence-corrected chi connectivity index (χ2v) is 9.28. The van der Waals surface area contributed by atoms with Crippen LogP contribution in [0.5, 0.6) is 5.75 Å². The van der Waals surface area contributed by atoms with Crippen LogP contribution in [-0.2, 0) is 4.79 Å². The number of carbonyl (C=O) groups excluding carboxylic acids is 1. The minimum atomic E-state index is -4.79. The van der Waals surface area contributed by atoms with Crippen molar-refractivity contribution in [1.29, 1.82) is 0 Å². The molecule has 1 aromatic heterocycles. The van der Waals surface area contributed by atoms with Crippen LogP contribution >= 0.6 is 0 Å². The average Bonchev–Trinajstić information content (AvgIpc) is 3.40. The third-order valence-corrected chi connectivity index (χ3v) is 6.69. The van der Waals surface area contributed by atoms with Gasteiger partial charge in [0.25, 0.3) is 0 Å². The summed E-state index contributed by atoms with van der Waals surface area (Å²) in [5, 5.41) is 4.71. The highest BCUT2D eigenvalue weighted by Crippen LogP contribution is 2.31. The van der Waals surface area contributed by atoms with Crippen LogP contribution in [0.2, 0.25) is 0 Å². The van der Waals surface area contributed by atoms with Crippen molar-refractivity contribution in [2.45, 2.75) is 44.4 Å². The molecule has 196 valence electrons. The van der Waals surface area contributed by atoms with Crippen LogP contribution in [0.3, 0.4) is 0 Å². The number of fused-ring (bicyclic) bond motifs is 1. The number of aromatic amines is 1. The van der Waals surface area contributed by atoms with Crippen LogP contribution in [0.25, 0.3) is 10.9 Å². The van der Waals surface area contributed by atoms with E-state index in [9.17, 15) is 18.0 Å². The zero-order valence-corrected chi connectivity index (χ0v) is 20.7. The molecule has 2 heterocycles. The number of alkyl halides is 3. The Hall–Kier alpha value is -3.44. The lowest BCUT2D eigenvalue weighted by Gasteiger charge is -2.30. The minimum Gasteiger partial charge on any atom is -0.405 e. The molecule has 1 saturated heterocycles. The molecule has 1 unspecified atom stereocenters. The van der Waals surface area contributed by atoms with Gasteiger partial charge in [0.15, 0.2) is 0 Å². The normalized spacial score (nSPS) is 17.2. The predicted molar refractivity (Wildman–Crippen MR) is 140 cm³/mol. The van der Waals surface area contributed by atoms with Crippen LogP contribution in [0.1, 0.15) is 43.6 Å². The molecule has 2 aromatic carbocycles. The molecule has 1 aliphatic carbocycles. The number of rotatable bonds is 4. The van der Waals surface area contributed by atoms with Crippen LogP contribution < -0.4 is 15.0 Å². The van der Waals surface area contributed by atoms with Crippen molar-refractivity contribution in [3.8, 4) is 17.6 Å². The number of hydrogen-bond donors (Lipinski definition) is 2. The predicted octanol–water partition coefficient (Wildman–Crippen LogP) is 6.03. The minimum absolute atomic E-state index is 0.151. The Kier molecular flexibility index (Phi) is 9.13. The lowest BCUT2D eigenvalue weighted by atomic mass is 9.89. The van der Waals surface area contributed by atoms with Crippen molar-refractivity contribution in [1.82, 2.24) is 10.3 Å². The van der Waals surface area contributed by atoms with Gasteiger partial charge in [-0.05, 0) is 37.1 Å². The van der Waals surface area contributed by atoms with Gasteiger partial charge in [-0.2, -0.15) is 0 Å². The Morgan fingerprint density at radius 2 is 1.76 bits per heavy atom. The highest BCUT2D eigenvalue weighted by atomic mass is 19.4. The fourth-order valence-corrected chi connectivity index (χ4v) is 4.85. The quantitative estimate of drug-likeness (QED) is 0.332. The summed E-state index contributed by atoms with van der Waals surface area (Å²) in [6, 6.07) is 14.3.